The van der Waals surface area contributed by atoms with Gasteiger partial charge in [-0.15, -0.1) is 0 Å². The van der Waals surface area contributed by atoms with Gasteiger partial charge in [0.2, 0.25) is 5.95 Å². The zero-order valence-electron chi connectivity index (χ0n) is 18.9. The summed E-state index contributed by atoms with van der Waals surface area (Å²) in [5, 5.41) is 6.56. The first kappa shape index (κ1) is 23.5. The Morgan fingerprint density at radius 2 is 1.91 bits per heavy atom. The minimum Gasteiger partial charge on any atom is -0.494 e. The van der Waals surface area contributed by atoms with Crippen molar-refractivity contribution in [1.82, 2.24) is 14.9 Å². The molecular formula is C23H30N6O2S. The average molecular weight is 455 g/mol. The fourth-order valence-electron chi connectivity index (χ4n) is 3.03. The highest BCUT2D eigenvalue weighted by molar-refractivity contribution is 7.91. The van der Waals surface area contributed by atoms with Crippen LogP contribution in [0.25, 0.3) is 11.1 Å². The molecule has 0 spiro atoms. The van der Waals surface area contributed by atoms with Crippen LogP contribution in [0.1, 0.15) is 6.92 Å². The number of likely N-dealkylation sites (N-methyl/N-ethyl adjacent to an activating group) is 1. The Morgan fingerprint density at radius 3 is 2.56 bits per heavy atom. The molecule has 1 aromatic heterocycles. The molecule has 0 radical (unpaired) electrons. The third-order valence-electron chi connectivity index (χ3n) is 4.66. The summed E-state index contributed by atoms with van der Waals surface area (Å²) in [6.07, 6.45) is 3.18. The number of aromatic nitrogens is 2. The number of benzene rings is 2. The van der Waals surface area contributed by atoms with E-state index in [2.05, 4.69) is 20.5 Å². The van der Waals surface area contributed by atoms with Gasteiger partial charge in [0, 0.05) is 41.7 Å². The Labute approximate surface area is 190 Å². The van der Waals surface area contributed by atoms with Gasteiger partial charge in [-0.3, -0.25) is 0 Å². The van der Waals surface area contributed by atoms with Gasteiger partial charge in [-0.1, -0.05) is 18.2 Å². The number of nitrogens with zero attached hydrogens (tertiary/aromatic N) is 3. The van der Waals surface area contributed by atoms with Crippen LogP contribution in [0.3, 0.4) is 0 Å². The molecule has 0 aliphatic carbocycles. The molecule has 170 valence electrons. The molecule has 0 fully saturated rings. The van der Waals surface area contributed by atoms with Crippen LogP contribution >= 0.6 is 0 Å². The highest BCUT2D eigenvalue weighted by Crippen LogP contribution is 2.29. The molecule has 32 heavy (non-hydrogen) atoms. The van der Waals surface area contributed by atoms with Gasteiger partial charge in [-0.2, -0.15) is 4.98 Å². The second-order valence-electron chi connectivity index (χ2n) is 7.64. The van der Waals surface area contributed by atoms with Crippen molar-refractivity contribution in [3.63, 3.8) is 0 Å². The predicted octanol–water partition coefficient (Wildman–Crippen LogP) is 4.29. The van der Waals surface area contributed by atoms with Crippen LogP contribution in [0, 0.1) is 4.78 Å². The largest absolute Gasteiger partial charge is 0.494 e. The molecule has 3 aromatic rings. The van der Waals surface area contributed by atoms with Crippen LogP contribution in [-0.4, -0.2) is 59.1 Å². The minimum atomic E-state index is -2.80. The van der Waals surface area contributed by atoms with Crippen LogP contribution < -0.4 is 15.4 Å². The average Bonchev–Trinajstić information content (AvgIpc) is 2.74. The molecule has 9 heteroatoms. The molecule has 3 N–H and O–H groups in total. The van der Waals surface area contributed by atoms with Crippen LogP contribution in [0.5, 0.6) is 5.75 Å². The molecule has 3 rings (SSSR count). The van der Waals surface area contributed by atoms with Gasteiger partial charge >= 0.3 is 0 Å². The Hall–Kier alpha value is -3.17. The maximum absolute atomic E-state index is 12.1. The third kappa shape index (κ3) is 6.41. The van der Waals surface area contributed by atoms with E-state index in [1.165, 1.54) is 6.26 Å². The highest BCUT2D eigenvalue weighted by Gasteiger charge is 2.11. The second kappa shape index (κ2) is 10.4. The summed E-state index contributed by atoms with van der Waals surface area (Å²) in [4.78, 5) is 11.7. The molecular weight excluding hydrogens is 424 g/mol. The third-order valence-corrected chi connectivity index (χ3v) is 5.81. The van der Waals surface area contributed by atoms with Crippen molar-refractivity contribution in [3.8, 4) is 16.9 Å². The van der Waals surface area contributed by atoms with Crippen molar-refractivity contribution < 1.29 is 8.95 Å². The number of nitrogens with one attached hydrogen (secondary N) is 3. The maximum atomic E-state index is 12.1. The van der Waals surface area contributed by atoms with Crippen LogP contribution in [0.2, 0.25) is 0 Å². The van der Waals surface area contributed by atoms with Gasteiger partial charge in [-0.25, -0.2) is 14.0 Å². The van der Waals surface area contributed by atoms with Crippen LogP contribution in [0.4, 0.5) is 17.5 Å². The van der Waals surface area contributed by atoms with Gasteiger partial charge in [0.25, 0.3) is 0 Å². The molecule has 0 aliphatic heterocycles. The van der Waals surface area contributed by atoms with E-state index in [-0.39, 0.29) is 0 Å². The summed E-state index contributed by atoms with van der Waals surface area (Å²) in [7, 11) is 1.24. The van der Waals surface area contributed by atoms with Gasteiger partial charge in [0.05, 0.1) is 16.3 Å². The first-order valence-electron chi connectivity index (χ1n) is 10.4. The van der Waals surface area contributed by atoms with E-state index < -0.39 is 9.73 Å². The van der Waals surface area contributed by atoms with Crippen LogP contribution in [0.15, 0.2) is 59.6 Å². The topological polar surface area (TPSA) is 103 Å². The zero-order chi connectivity index (χ0) is 23.1. The normalized spacial score (nSPS) is 12.9. The first-order valence-corrected chi connectivity index (χ1v) is 12.3. The molecule has 0 saturated carbocycles. The van der Waals surface area contributed by atoms with E-state index in [4.69, 9.17) is 14.5 Å². The van der Waals surface area contributed by atoms with Crippen molar-refractivity contribution in [1.29, 1.82) is 4.78 Å². The lowest BCUT2D eigenvalue weighted by atomic mass is 10.1. The van der Waals surface area contributed by atoms with Gasteiger partial charge in [0.15, 0.2) is 0 Å². The van der Waals surface area contributed by atoms with E-state index in [9.17, 15) is 4.21 Å². The summed E-state index contributed by atoms with van der Waals surface area (Å²) < 4.78 is 25.4. The lowest BCUT2D eigenvalue weighted by Crippen LogP contribution is -2.21. The summed E-state index contributed by atoms with van der Waals surface area (Å²) in [6.45, 7) is 4.15. The number of rotatable bonds is 10. The molecule has 8 nitrogen and oxygen atoms in total. The molecule has 0 bridgehead atoms. The van der Waals surface area contributed by atoms with Crippen molar-refractivity contribution in [2.75, 3.05) is 50.7 Å². The molecule has 1 heterocycles. The number of ether oxygens (including phenoxy) is 1. The summed E-state index contributed by atoms with van der Waals surface area (Å²) in [5.41, 5.74) is 2.54. The molecule has 2 aromatic carbocycles. The van der Waals surface area contributed by atoms with Crippen molar-refractivity contribution in [3.05, 3.63) is 54.7 Å². The number of hydrogen-bond acceptors (Lipinski definition) is 8. The van der Waals surface area contributed by atoms with Crippen molar-refractivity contribution in [2.24, 2.45) is 0 Å². The fourth-order valence-corrected chi connectivity index (χ4v) is 3.72. The van der Waals surface area contributed by atoms with E-state index >= 15 is 0 Å². The number of hydrogen-bond donors (Lipinski definition) is 3. The summed E-state index contributed by atoms with van der Waals surface area (Å²) in [5.74, 6) is 1.94. The molecule has 1 unspecified atom stereocenters. The zero-order valence-corrected chi connectivity index (χ0v) is 19.7. The summed E-state index contributed by atoms with van der Waals surface area (Å²) in [6, 6.07) is 14.8. The quantitative estimate of drug-likeness (QED) is 0.420. The summed E-state index contributed by atoms with van der Waals surface area (Å²) >= 11 is 0. The van der Waals surface area contributed by atoms with E-state index in [0.29, 0.717) is 29.0 Å². The molecule has 1 atom stereocenters. The molecule has 0 saturated heterocycles. The Kier molecular flexibility index (Phi) is 7.66. The van der Waals surface area contributed by atoms with E-state index in [1.807, 2.05) is 51.4 Å². The first-order chi connectivity index (χ1) is 15.3. The minimum absolute atomic E-state index is 0.414. The monoisotopic (exact) mass is 454 g/mol. The SMILES string of the molecule is CCOc1ccc(-c2cnc(Nc3cccc(S(C)(=N)=O)c3)nc2NCCN(C)C)cc1. The predicted molar refractivity (Wildman–Crippen MR) is 130 cm³/mol. The van der Waals surface area contributed by atoms with Gasteiger partial charge in [0.1, 0.15) is 11.6 Å². The molecule has 0 aliphatic rings. The lowest BCUT2D eigenvalue weighted by molar-refractivity contribution is 0.340. The van der Waals surface area contributed by atoms with Gasteiger partial charge in [-0.05, 0) is 56.9 Å². The Morgan fingerprint density at radius 1 is 1.16 bits per heavy atom. The maximum Gasteiger partial charge on any atom is 0.229 e. The van der Waals surface area contributed by atoms with Crippen molar-refractivity contribution in [2.45, 2.75) is 11.8 Å². The smallest absolute Gasteiger partial charge is 0.229 e. The van der Waals surface area contributed by atoms with E-state index in [0.717, 1.165) is 30.0 Å². The van der Waals surface area contributed by atoms with Crippen LogP contribution in [-0.2, 0) is 9.73 Å². The second-order valence-corrected chi connectivity index (χ2v) is 9.80. The standard InChI is InChI=1S/C23H30N6O2S/c1-5-31-19-11-9-17(10-12-19)21-16-26-23(28-22(21)25-13-14-29(2)3)27-18-7-6-8-20(15-18)32(4,24)30/h6-12,15-16,24H,5,13-14H2,1-4H3,(H2,25,26,27,28). The molecule has 0 amide bonds. The number of anilines is 3. The van der Waals surface area contributed by atoms with E-state index in [1.54, 1.807) is 24.4 Å². The fraction of sp³-hybridized carbons (Fsp3) is 0.304. The van der Waals surface area contributed by atoms with Crippen molar-refractivity contribution >= 4 is 27.2 Å². The Balaban J connectivity index is 1.90. The lowest BCUT2D eigenvalue weighted by Gasteiger charge is -2.15. The Bertz CT molecular complexity index is 1150. The highest BCUT2D eigenvalue weighted by atomic mass is 32.2. The van der Waals surface area contributed by atoms with Gasteiger partial charge < -0.3 is 20.3 Å².